The Labute approximate surface area is 66.4 Å². The fourth-order valence-corrected chi connectivity index (χ4v) is 0.719. The summed E-state index contributed by atoms with van der Waals surface area (Å²) in [5.41, 5.74) is -0.581. The average Bonchev–Trinajstić information content (AvgIpc) is 1.83. The van der Waals surface area contributed by atoms with E-state index in [9.17, 15) is 9.18 Å². The van der Waals surface area contributed by atoms with E-state index in [0.717, 1.165) is 0 Å². The van der Waals surface area contributed by atoms with Crippen LogP contribution in [0.15, 0.2) is 0 Å². The van der Waals surface area contributed by atoms with Gasteiger partial charge in [0.25, 0.3) is 0 Å². The van der Waals surface area contributed by atoms with Gasteiger partial charge in [-0.25, -0.2) is 4.39 Å². The van der Waals surface area contributed by atoms with Crippen LogP contribution in [0.2, 0.25) is 0 Å². The zero-order chi connectivity index (χ0) is 8.36. The summed E-state index contributed by atoms with van der Waals surface area (Å²) in [5.74, 6) is -0.390. The lowest BCUT2D eigenvalue weighted by atomic mass is 9.89. The summed E-state index contributed by atoms with van der Waals surface area (Å²) in [7, 11) is 0. The molecule has 1 atom stereocenters. The second kappa shape index (κ2) is 3.37. The van der Waals surface area contributed by atoms with Gasteiger partial charge in [0.15, 0.2) is 12.0 Å². The van der Waals surface area contributed by atoms with Crippen LogP contribution in [0.5, 0.6) is 0 Å². The van der Waals surface area contributed by atoms with Crippen molar-refractivity contribution in [2.24, 2.45) is 5.41 Å². The molecule has 0 aromatic carbocycles. The molecule has 10 heavy (non-hydrogen) atoms. The first kappa shape index (κ1) is 9.95. The van der Waals surface area contributed by atoms with Crippen molar-refractivity contribution in [2.45, 2.75) is 26.9 Å². The minimum atomic E-state index is -1.41. The van der Waals surface area contributed by atoms with Gasteiger partial charge < -0.3 is 0 Å². The third-order valence-corrected chi connectivity index (χ3v) is 1.50. The molecular formula is C7H13FOS. The molecule has 0 heterocycles. The molecule has 0 aliphatic heterocycles. The molecule has 3 heteroatoms. The molecule has 0 spiro atoms. The molecule has 0 fully saturated rings. The Morgan fingerprint density at radius 3 is 2.10 bits per heavy atom. The Morgan fingerprint density at radius 2 is 2.00 bits per heavy atom. The SMILES string of the molecule is CC(C)(C)C(=O)C(F)CS. The van der Waals surface area contributed by atoms with E-state index in [1.165, 1.54) is 0 Å². The molecule has 0 saturated heterocycles. The quantitative estimate of drug-likeness (QED) is 0.616. The fourth-order valence-electron chi connectivity index (χ4n) is 0.553. The second-order valence-corrected chi connectivity index (χ2v) is 3.63. The van der Waals surface area contributed by atoms with Gasteiger partial charge in [-0.1, -0.05) is 20.8 Å². The lowest BCUT2D eigenvalue weighted by Crippen LogP contribution is -2.30. The Balaban J connectivity index is 4.09. The van der Waals surface area contributed by atoms with Crippen molar-refractivity contribution < 1.29 is 9.18 Å². The van der Waals surface area contributed by atoms with E-state index in [1.54, 1.807) is 20.8 Å². The van der Waals surface area contributed by atoms with Crippen LogP contribution in [0.25, 0.3) is 0 Å². The largest absolute Gasteiger partial charge is 0.296 e. The van der Waals surface area contributed by atoms with E-state index < -0.39 is 11.6 Å². The Morgan fingerprint density at radius 1 is 1.60 bits per heavy atom. The van der Waals surface area contributed by atoms with E-state index in [-0.39, 0.29) is 11.5 Å². The Hall–Kier alpha value is -0.0500. The van der Waals surface area contributed by atoms with Gasteiger partial charge in [0.1, 0.15) is 0 Å². The van der Waals surface area contributed by atoms with Crippen LogP contribution < -0.4 is 0 Å². The number of thiol groups is 1. The first-order valence-corrected chi connectivity index (χ1v) is 3.82. The number of alkyl halides is 1. The lowest BCUT2D eigenvalue weighted by Gasteiger charge is -2.17. The predicted molar refractivity (Wildman–Crippen MR) is 43.2 cm³/mol. The molecular weight excluding hydrogens is 151 g/mol. The molecule has 0 aromatic rings. The standard InChI is InChI=1S/C7H13FOS/c1-7(2,3)6(9)5(8)4-10/h5,10H,4H2,1-3H3. The summed E-state index contributed by atoms with van der Waals surface area (Å²) in [6, 6.07) is 0. The Bertz CT molecular complexity index is 128. The highest BCUT2D eigenvalue weighted by molar-refractivity contribution is 7.80. The fraction of sp³-hybridized carbons (Fsp3) is 0.857. The molecule has 0 saturated carbocycles. The molecule has 60 valence electrons. The average molecular weight is 164 g/mol. The highest BCUT2D eigenvalue weighted by Gasteiger charge is 2.28. The molecule has 0 aromatic heterocycles. The van der Waals surface area contributed by atoms with Crippen molar-refractivity contribution in [3.63, 3.8) is 0 Å². The maximum atomic E-state index is 12.6. The van der Waals surface area contributed by atoms with Crippen molar-refractivity contribution in [2.75, 3.05) is 5.75 Å². The summed E-state index contributed by atoms with van der Waals surface area (Å²) in [6.07, 6.45) is -1.41. The van der Waals surface area contributed by atoms with Gasteiger partial charge in [0, 0.05) is 11.2 Å². The highest BCUT2D eigenvalue weighted by Crippen LogP contribution is 2.18. The first-order chi connectivity index (χ1) is 4.39. The monoisotopic (exact) mass is 164 g/mol. The molecule has 0 rings (SSSR count). The van der Waals surface area contributed by atoms with Crippen LogP contribution in [-0.4, -0.2) is 17.7 Å². The van der Waals surface area contributed by atoms with Gasteiger partial charge in [-0.05, 0) is 0 Å². The minimum absolute atomic E-state index is 0.0178. The maximum Gasteiger partial charge on any atom is 0.173 e. The predicted octanol–water partition coefficient (Wildman–Crippen LogP) is 1.87. The minimum Gasteiger partial charge on any atom is -0.296 e. The number of rotatable bonds is 2. The second-order valence-electron chi connectivity index (χ2n) is 3.26. The van der Waals surface area contributed by atoms with Crippen LogP contribution in [0.1, 0.15) is 20.8 Å². The summed E-state index contributed by atoms with van der Waals surface area (Å²) in [4.78, 5) is 11.0. The van der Waals surface area contributed by atoms with Crippen LogP contribution in [0.3, 0.4) is 0 Å². The molecule has 0 aliphatic carbocycles. The van der Waals surface area contributed by atoms with Gasteiger partial charge in [-0.3, -0.25) is 4.79 Å². The molecule has 0 radical (unpaired) electrons. The highest BCUT2D eigenvalue weighted by atomic mass is 32.1. The van der Waals surface area contributed by atoms with E-state index in [4.69, 9.17) is 0 Å². The number of halogens is 1. The summed E-state index contributed by atoms with van der Waals surface area (Å²) >= 11 is 3.69. The van der Waals surface area contributed by atoms with E-state index in [2.05, 4.69) is 12.6 Å². The number of ketones is 1. The smallest absolute Gasteiger partial charge is 0.173 e. The molecule has 0 amide bonds. The normalized spacial score (nSPS) is 14.9. The number of Topliss-reactive ketones (excluding diaryl/α,β-unsaturated/α-hetero) is 1. The van der Waals surface area contributed by atoms with E-state index in [0.29, 0.717) is 0 Å². The van der Waals surface area contributed by atoms with Gasteiger partial charge in [-0.2, -0.15) is 12.6 Å². The van der Waals surface area contributed by atoms with Crippen LogP contribution in [0, 0.1) is 5.41 Å². The van der Waals surface area contributed by atoms with E-state index >= 15 is 0 Å². The van der Waals surface area contributed by atoms with Crippen LogP contribution in [-0.2, 0) is 4.79 Å². The molecule has 0 bridgehead atoms. The maximum absolute atomic E-state index is 12.6. The van der Waals surface area contributed by atoms with Crippen LogP contribution in [0.4, 0.5) is 4.39 Å². The van der Waals surface area contributed by atoms with Gasteiger partial charge >= 0.3 is 0 Å². The number of carbonyl (C=O) groups excluding carboxylic acids is 1. The zero-order valence-corrected chi connectivity index (χ0v) is 7.41. The zero-order valence-electron chi connectivity index (χ0n) is 6.52. The number of hydrogen-bond acceptors (Lipinski definition) is 2. The number of hydrogen-bond donors (Lipinski definition) is 1. The summed E-state index contributed by atoms with van der Waals surface area (Å²) in [5, 5.41) is 0. The Kier molecular flexibility index (Phi) is 3.36. The van der Waals surface area contributed by atoms with Crippen molar-refractivity contribution in [3.8, 4) is 0 Å². The van der Waals surface area contributed by atoms with E-state index in [1.807, 2.05) is 0 Å². The molecule has 1 nitrogen and oxygen atoms in total. The van der Waals surface area contributed by atoms with Gasteiger partial charge in [0.2, 0.25) is 0 Å². The first-order valence-electron chi connectivity index (χ1n) is 3.19. The lowest BCUT2D eigenvalue weighted by molar-refractivity contribution is -0.130. The van der Waals surface area contributed by atoms with Gasteiger partial charge in [0.05, 0.1) is 0 Å². The molecule has 1 unspecified atom stereocenters. The topological polar surface area (TPSA) is 17.1 Å². The van der Waals surface area contributed by atoms with Crippen LogP contribution >= 0.6 is 12.6 Å². The number of carbonyl (C=O) groups is 1. The van der Waals surface area contributed by atoms with Crippen molar-refractivity contribution in [1.82, 2.24) is 0 Å². The molecule has 0 aliphatic rings. The van der Waals surface area contributed by atoms with Gasteiger partial charge in [-0.15, -0.1) is 0 Å². The van der Waals surface area contributed by atoms with Crippen molar-refractivity contribution in [1.29, 1.82) is 0 Å². The molecule has 0 N–H and O–H groups in total. The third kappa shape index (κ3) is 2.69. The van der Waals surface area contributed by atoms with Crippen molar-refractivity contribution >= 4 is 18.4 Å². The van der Waals surface area contributed by atoms with Crippen molar-refractivity contribution in [3.05, 3.63) is 0 Å². The third-order valence-electron chi connectivity index (χ3n) is 1.18. The summed E-state index contributed by atoms with van der Waals surface area (Å²) < 4.78 is 12.6. The summed E-state index contributed by atoms with van der Waals surface area (Å²) in [6.45, 7) is 5.10.